The molecule has 7 N–H and O–H groups in total. The molecular weight excluding hydrogens is 372 g/mol. The minimum Gasteiger partial charge on any atom is -0.506 e. The molecule has 0 spiro atoms. The second-order valence-electron chi connectivity index (χ2n) is 5.58. The summed E-state index contributed by atoms with van der Waals surface area (Å²) >= 11 is 2.29. The highest BCUT2D eigenvalue weighted by Gasteiger charge is 2.25. The van der Waals surface area contributed by atoms with Crippen LogP contribution in [0.15, 0.2) is 30.5 Å². The predicted molar refractivity (Wildman–Crippen MR) is 104 cm³/mol. The van der Waals surface area contributed by atoms with Crippen LogP contribution in [-0.2, 0) is 0 Å². The molecule has 0 fully saturated rings. The molecule has 0 saturated heterocycles. The highest BCUT2D eigenvalue weighted by Crippen LogP contribution is 2.45. The van der Waals surface area contributed by atoms with E-state index in [9.17, 15) is 14.7 Å². The van der Waals surface area contributed by atoms with Crippen molar-refractivity contribution in [2.75, 3.05) is 11.5 Å². The lowest BCUT2D eigenvalue weighted by Crippen LogP contribution is -2.11. The third kappa shape index (κ3) is 2.21. The summed E-state index contributed by atoms with van der Waals surface area (Å²) in [4.78, 5) is 29.2. The average molecular weight is 384 g/mol. The van der Waals surface area contributed by atoms with Crippen molar-refractivity contribution in [3.05, 3.63) is 45.8 Å². The number of phenols is 1. The number of pyridine rings is 1. The Labute approximate surface area is 154 Å². The van der Waals surface area contributed by atoms with Crippen LogP contribution >= 0.6 is 22.7 Å². The van der Waals surface area contributed by atoms with Crippen LogP contribution in [-0.4, -0.2) is 21.8 Å². The minimum atomic E-state index is -0.626. The molecule has 0 atom stereocenters. The van der Waals surface area contributed by atoms with Crippen molar-refractivity contribution in [1.29, 1.82) is 0 Å². The van der Waals surface area contributed by atoms with Gasteiger partial charge < -0.3 is 22.3 Å². The fourth-order valence-corrected chi connectivity index (χ4v) is 5.25. The quantitative estimate of drug-likeness (QED) is 0.400. The predicted octanol–water partition coefficient (Wildman–Crippen LogP) is 2.71. The maximum Gasteiger partial charge on any atom is 0.260 e. The van der Waals surface area contributed by atoms with Gasteiger partial charge in [-0.1, -0.05) is 6.07 Å². The van der Waals surface area contributed by atoms with E-state index in [0.717, 1.165) is 11.3 Å². The summed E-state index contributed by atoms with van der Waals surface area (Å²) in [6.07, 6.45) is 1.54. The number of anilines is 2. The first-order valence-corrected chi connectivity index (χ1v) is 9.05. The smallest absolute Gasteiger partial charge is 0.260 e. The number of rotatable bonds is 3. The van der Waals surface area contributed by atoms with E-state index < -0.39 is 5.91 Å². The number of primary amides is 1. The number of phenolic OH excluding ortho intramolecular Hbond substituents is 1. The number of fused-ring (bicyclic) bond motifs is 2. The summed E-state index contributed by atoms with van der Waals surface area (Å²) in [6, 6.07) is 6.36. The molecule has 3 heterocycles. The molecule has 0 aliphatic carbocycles. The average Bonchev–Trinajstić information content (AvgIpc) is 3.12. The Morgan fingerprint density at radius 2 is 1.73 bits per heavy atom. The van der Waals surface area contributed by atoms with Gasteiger partial charge in [0.1, 0.15) is 21.0 Å². The number of thiophene rings is 2. The summed E-state index contributed by atoms with van der Waals surface area (Å²) < 4.78 is 0.665. The maximum absolute atomic E-state index is 13.1. The zero-order chi connectivity index (χ0) is 18.6. The van der Waals surface area contributed by atoms with Crippen LogP contribution in [0, 0.1) is 0 Å². The molecule has 7 nitrogen and oxygen atoms in total. The number of carbonyl (C=O) groups is 2. The van der Waals surface area contributed by atoms with E-state index in [1.165, 1.54) is 29.7 Å². The lowest BCUT2D eigenvalue weighted by molar-refractivity contribution is 0.100. The SMILES string of the molecule is NC(=O)c1sc2sc(C(=O)c3ccc(O)c4ncccc34)c(N)c2c1N. The first-order valence-electron chi connectivity index (χ1n) is 7.41. The zero-order valence-electron chi connectivity index (χ0n) is 13.1. The Balaban J connectivity index is 1.92. The molecule has 0 bridgehead atoms. The molecular formula is C17H12N4O3S2. The number of benzene rings is 1. The maximum atomic E-state index is 13.1. The first kappa shape index (κ1) is 16.3. The Morgan fingerprint density at radius 3 is 2.42 bits per heavy atom. The van der Waals surface area contributed by atoms with E-state index in [0.29, 0.717) is 30.7 Å². The fraction of sp³-hybridized carbons (Fsp3) is 0. The van der Waals surface area contributed by atoms with Gasteiger partial charge in [-0.3, -0.25) is 14.6 Å². The highest BCUT2D eigenvalue weighted by molar-refractivity contribution is 7.40. The monoisotopic (exact) mass is 384 g/mol. The summed E-state index contributed by atoms with van der Waals surface area (Å²) in [6.45, 7) is 0. The number of aromatic hydroxyl groups is 1. The van der Waals surface area contributed by atoms with Gasteiger partial charge in [0.15, 0.2) is 0 Å². The molecule has 4 rings (SSSR count). The van der Waals surface area contributed by atoms with Crippen LogP contribution < -0.4 is 17.2 Å². The number of nitrogens with two attached hydrogens (primary N) is 3. The van der Waals surface area contributed by atoms with Crippen LogP contribution in [0.2, 0.25) is 0 Å². The lowest BCUT2D eigenvalue weighted by atomic mass is 10.0. The van der Waals surface area contributed by atoms with Crippen LogP contribution in [0.4, 0.5) is 11.4 Å². The van der Waals surface area contributed by atoms with Crippen LogP contribution in [0.1, 0.15) is 24.9 Å². The lowest BCUT2D eigenvalue weighted by Gasteiger charge is -2.06. The van der Waals surface area contributed by atoms with Crippen molar-refractivity contribution in [2.24, 2.45) is 5.73 Å². The van der Waals surface area contributed by atoms with E-state index >= 15 is 0 Å². The number of aromatic nitrogens is 1. The summed E-state index contributed by atoms with van der Waals surface area (Å²) in [7, 11) is 0. The Bertz CT molecular complexity index is 1230. The van der Waals surface area contributed by atoms with Gasteiger partial charge in [0.25, 0.3) is 5.91 Å². The summed E-state index contributed by atoms with van der Waals surface area (Å²) in [5, 5.41) is 11.0. The van der Waals surface area contributed by atoms with E-state index in [-0.39, 0.29) is 27.8 Å². The molecule has 0 unspecified atom stereocenters. The van der Waals surface area contributed by atoms with Gasteiger partial charge in [-0.2, -0.15) is 0 Å². The van der Waals surface area contributed by atoms with Gasteiger partial charge in [0.05, 0.1) is 20.8 Å². The second kappa shape index (κ2) is 5.68. The first-order chi connectivity index (χ1) is 12.4. The standard InChI is InChI=1S/C17H12N4O3S2/c18-10-9-11(19)15(16(20)24)26-17(9)25-14(10)13(23)7-3-4-8(22)12-6(7)2-1-5-21-12/h1-5,22H,18-19H2,(H2,20,24). The van der Waals surface area contributed by atoms with Gasteiger partial charge in [-0.15, -0.1) is 22.7 Å². The Hall–Kier alpha value is -3.17. The third-order valence-corrected chi connectivity index (χ3v) is 6.56. The number of hydrogen-bond donors (Lipinski definition) is 4. The molecule has 1 amide bonds. The van der Waals surface area contributed by atoms with Gasteiger partial charge in [0, 0.05) is 17.1 Å². The molecule has 0 radical (unpaired) electrons. The van der Waals surface area contributed by atoms with Crippen molar-refractivity contribution in [2.45, 2.75) is 0 Å². The molecule has 4 aromatic rings. The summed E-state index contributed by atoms with van der Waals surface area (Å²) in [5.74, 6) is -0.930. The topological polar surface area (TPSA) is 145 Å². The molecule has 26 heavy (non-hydrogen) atoms. The number of amides is 1. The summed E-state index contributed by atoms with van der Waals surface area (Å²) in [5.41, 5.74) is 18.6. The van der Waals surface area contributed by atoms with Crippen molar-refractivity contribution in [3.8, 4) is 5.75 Å². The van der Waals surface area contributed by atoms with E-state index in [2.05, 4.69) is 4.98 Å². The van der Waals surface area contributed by atoms with Crippen molar-refractivity contribution in [1.82, 2.24) is 4.98 Å². The fourth-order valence-electron chi connectivity index (χ4n) is 2.84. The zero-order valence-corrected chi connectivity index (χ0v) is 14.8. The molecule has 9 heteroatoms. The Morgan fingerprint density at radius 1 is 1.04 bits per heavy atom. The van der Waals surface area contributed by atoms with Crippen LogP contribution in [0.25, 0.3) is 20.3 Å². The molecule has 0 aliphatic rings. The number of carbonyl (C=O) groups excluding carboxylic acids is 2. The largest absolute Gasteiger partial charge is 0.506 e. The van der Waals surface area contributed by atoms with Crippen LogP contribution in [0.3, 0.4) is 0 Å². The number of nitrogen functional groups attached to an aromatic ring is 2. The van der Waals surface area contributed by atoms with Gasteiger partial charge >= 0.3 is 0 Å². The number of hydrogen-bond acceptors (Lipinski definition) is 8. The molecule has 0 aliphatic heterocycles. The number of ketones is 1. The normalized spacial score (nSPS) is 11.2. The van der Waals surface area contributed by atoms with E-state index in [1.54, 1.807) is 12.1 Å². The molecule has 1 aromatic carbocycles. The second-order valence-corrected chi connectivity index (χ2v) is 7.88. The molecule has 0 saturated carbocycles. The highest BCUT2D eigenvalue weighted by atomic mass is 32.2. The molecule has 130 valence electrons. The van der Waals surface area contributed by atoms with Crippen LogP contribution in [0.5, 0.6) is 5.75 Å². The van der Waals surface area contributed by atoms with Gasteiger partial charge in [-0.25, -0.2) is 0 Å². The molecule has 3 aromatic heterocycles. The van der Waals surface area contributed by atoms with Crippen molar-refractivity contribution in [3.63, 3.8) is 0 Å². The third-order valence-electron chi connectivity index (χ3n) is 4.04. The Kier molecular flexibility index (Phi) is 3.56. The van der Waals surface area contributed by atoms with E-state index in [1.807, 2.05) is 0 Å². The van der Waals surface area contributed by atoms with Crippen molar-refractivity contribution >= 4 is 66.0 Å². The van der Waals surface area contributed by atoms with E-state index in [4.69, 9.17) is 17.2 Å². The van der Waals surface area contributed by atoms with Gasteiger partial charge in [-0.05, 0) is 18.2 Å². The van der Waals surface area contributed by atoms with Gasteiger partial charge in [0.2, 0.25) is 5.78 Å². The van der Waals surface area contributed by atoms with Crippen molar-refractivity contribution < 1.29 is 14.7 Å². The number of nitrogens with zero attached hydrogens (tertiary/aromatic N) is 1. The minimum absolute atomic E-state index is 0.00682.